The number of aryl methyl sites for hydroxylation is 1. The van der Waals surface area contributed by atoms with E-state index >= 15 is 0 Å². The molecule has 2 nitrogen and oxygen atoms in total. The first-order chi connectivity index (χ1) is 13.2. The Morgan fingerprint density at radius 1 is 0.889 bits per heavy atom. The van der Waals surface area contributed by atoms with Crippen LogP contribution >= 0.6 is 0 Å². The summed E-state index contributed by atoms with van der Waals surface area (Å²) < 4.78 is 0. The second-order valence-corrected chi connectivity index (χ2v) is 6.63. The predicted molar refractivity (Wildman–Crippen MR) is 113 cm³/mol. The predicted octanol–water partition coefficient (Wildman–Crippen LogP) is 5.67. The van der Waals surface area contributed by atoms with Gasteiger partial charge in [-0.05, 0) is 41.7 Å². The molecule has 0 aliphatic heterocycles. The summed E-state index contributed by atoms with van der Waals surface area (Å²) in [6.45, 7) is 4.16. The monoisotopic (exact) mass is 355 g/mol. The van der Waals surface area contributed by atoms with E-state index in [0.717, 1.165) is 23.1 Å². The lowest BCUT2D eigenvalue weighted by molar-refractivity contribution is -0.116. The average molecular weight is 355 g/mol. The molecule has 27 heavy (non-hydrogen) atoms. The smallest absolute Gasteiger partial charge is 0.252 e. The quantitative estimate of drug-likeness (QED) is 0.448. The van der Waals surface area contributed by atoms with Crippen molar-refractivity contribution in [2.75, 3.05) is 0 Å². The van der Waals surface area contributed by atoms with Gasteiger partial charge in [-0.25, -0.2) is 0 Å². The van der Waals surface area contributed by atoms with Gasteiger partial charge in [0.1, 0.15) is 0 Å². The van der Waals surface area contributed by atoms with E-state index in [2.05, 4.69) is 36.5 Å². The topological polar surface area (TPSA) is 29.1 Å². The highest BCUT2D eigenvalue weighted by Gasteiger charge is 2.15. The number of rotatable bonds is 6. The first kappa shape index (κ1) is 18.7. The van der Waals surface area contributed by atoms with Crippen LogP contribution in [0, 0.1) is 0 Å². The van der Waals surface area contributed by atoms with Gasteiger partial charge < -0.3 is 5.32 Å². The molecule has 0 spiro atoms. The van der Waals surface area contributed by atoms with Crippen LogP contribution in [0.15, 0.2) is 84.9 Å². The minimum Gasteiger partial charge on any atom is -0.345 e. The van der Waals surface area contributed by atoms with Gasteiger partial charge in [0.2, 0.25) is 0 Å². The second-order valence-electron chi connectivity index (χ2n) is 6.63. The third kappa shape index (κ3) is 4.95. The van der Waals surface area contributed by atoms with E-state index in [1.54, 1.807) is 0 Å². The van der Waals surface area contributed by atoms with Crippen molar-refractivity contribution >= 4 is 17.6 Å². The molecule has 1 amide bonds. The largest absolute Gasteiger partial charge is 0.345 e. The minimum absolute atomic E-state index is 0.0636. The zero-order valence-electron chi connectivity index (χ0n) is 15.9. The van der Waals surface area contributed by atoms with Gasteiger partial charge in [0.05, 0.1) is 6.04 Å². The van der Waals surface area contributed by atoms with E-state index in [4.69, 9.17) is 0 Å². The molecule has 0 radical (unpaired) electrons. The van der Waals surface area contributed by atoms with Crippen LogP contribution in [0.3, 0.4) is 0 Å². The van der Waals surface area contributed by atoms with Gasteiger partial charge >= 0.3 is 0 Å². The van der Waals surface area contributed by atoms with E-state index < -0.39 is 0 Å². The molecule has 0 saturated heterocycles. The van der Waals surface area contributed by atoms with E-state index in [1.165, 1.54) is 5.56 Å². The maximum absolute atomic E-state index is 13.1. The molecule has 0 aliphatic rings. The Morgan fingerprint density at radius 3 is 2.07 bits per heavy atom. The highest BCUT2D eigenvalue weighted by Crippen LogP contribution is 2.21. The lowest BCUT2D eigenvalue weighted by Crippen LogP contribution is -2.27. The van der Waals surface area contributed by atoms with Crippen LogP contribution in [0.2, 0.25) is 0 Å². The Labute approximate surface area is 161 Å². The van der Waals surface area contributed by atoms with E-state index in [9.17, 15) is 4.79 Å². The van der Waals surface area contributed by atoms with Crippen molar-refractivity contribution in [3.63, 3.8) is 0 Å². The molecule has 0 fully saturated rings. The molecule has 3 rings (SSSR count). The Bertz CT molecular complexity index is 896. The first-order valence-electron chi connectivity index (χ1n) is 9.39. The maximum atomic E-state index is 13.1. The van der Waals surface area contributed by atoms with Gasteiger partial charge in [-0.1, -0.05) is 91.9 Å². The molecule has 0 aliphatic carbocycles. The molecule has 0 saturated carbocycles. The molecule has 1 N–H and O–H groups in total. The van der Waals surface area contributed by atoms with Crippen molar-refractivity contribution in [2.45, 2.75) is 26.3 Å². The van der Waals surface area contributed by atoms with Gasteiger partial charge in [0, 0.05) is 5.57 Å². The maximum Gasteiger partial charge on any atom is 0.252 e. The standard InChI is InChI=1S/C25H25NO/c1-3-20-14-16-22(17-15-20)19(2)26-25(27)24(23-12-8-5-9-13-23)18-21-10-6-4-7-11-21/h4-19H,3H2,1-2H3,(H,26,27)/b24-18+/t19-/m1/s1. The van der Waals surface area contributed by atoms with Crippen molar-refractivity contribution in [1.29, 1.82) is 0 Å². The highest BCUT2D eigenvalue weighted by molar-refractivity contribution is 6.24. The Morgan fingerprint density at radius 2 is 1.48 bits per heavy atom. The molecule has 0 unspecified atom stereocenters. The SMILES string of the molecule is CCc1ccc([C@@H](C)NC(=O)/C(=C/c2ccccc2)c2ccccc2)cc1. The van der Waals surface area contributed by atoms with Gasteiger partial charge in [-0.2, -0.15) is 0 Å². The van der Waals surface area contributed by atoms with E-state index in [-0.39, 0.29) is 11.9 Å². The summed E-state index contributed by atoms with van der Waals surface area (Å²) in [7, 11) is 0. The van der Waals surface area contributed by atoms with Crippen LogP contribution < -0.4 is 5.32 Å². The van der Waals surface area contributed by atoms with Gasteiger partial charge in [0.25, 0.3) is 5.91 Å². The molecule has 3 aromatic rings. The highest BCUT2D eigenvalue weighted by atomic mass is 16.1. The zero-order chi connectivity index (χ0) is 19.1. The molecule has 2 heteroatoms. The minimum atomic E-state index is -0.0721. The fourth-order valence-electron chi connectivity index (χ4n) is 3.01. The van der Waals surface area contributed by atoms with Crippen LogP contribution in [0.25, 0.3) is 11.6 Å². The lowest BCUT2D eigenvalue weighted by Gasteiger charge is -2.17. The number of nitrogens with one attached hydrogen (secondary N) is 1. The van der Waals surface area contributed by atoms with Crippen LogP contribution in [-0.2, 0) is 11.2 Å². The van der Waals surface area contributed by atoms with Crippen molar-refractivity contribution in [3.05, 3.63) is 107 Å². The van der Waals surface area contributed by atoms with Crippen molar-refractivity contribution in [1.82, 2.24) is 5.32 Å². The molecular formula is C25H25NO. The first-order valence-corrected chi connectivity index (χ1v) is 9.39. The van der Waals surface area contributed by atoms with Crippen LogP contribution in [0.4, 0.5) is 0 Å². The number of hydrogen-bond donors (Lipinski definition) is 1. The summed E-state index contributed by atoms with van der Waals surface area (Å²) in [4.78, 5) is 13.1. The fourth-order valence-corrected chi connectivity index (χ4v) is 3.01. The van der Waals surface area contributed by atoms with Crippen LogP contribution in [-0.4, -0.2) is 5.91 Å². The van der Waals surface area contributed by atoms with E-state index in [1.807, 2.05) is 73.7 Å². The molecule has 0 bridgehead atoms. The summed E-state index contributed by atoms with van der Waals surface area (Å²) in [5.74, 6) is -0.0721. The lowest BCUT2D eigenvalue weighted by atomic mass is 10.0. The van der Waals surface area contributed by atoms with Crippen LogP contribution in [0.5, 0.6) is 0 Å². The summed E-state index contributed by atoms with van der Waals surface area (Å²) in [6, 6.07) is 28.1. The number of hydrogen-bond acceptors (Lipinski definition) is 1. The van der Waals surface area contributed by atoms with Crippen LogP contribution in [0.1, 0.15) is 42.1 Å². The van der Waals surface area contributed by atoms with Crippen molar-refractivity contribution < 1.29 is 4.79 Å². The molecule has 3 aromatic carbocycles. The summed E-state index contributed by atoms with van der Waals surface area (Å²) in [5, 5.41) is 3.15. The normalized spacial score (nSPS) is 12.4. The summed E-state index contributed by atoms with van der Waals surface area (Å²) in [5.41, 5.74) is 4.98. The van der Waals surface area contributed by atoms with E-state index in [0.29, 0.717) is 5.57 Å². The summed E-state index contributed by atoms with van der Waals surface area (Å²) in [6.07, 6.45) is 2.95. The third-order valence-electron chi connectivity index (χ3n) is 4.68. The van der Waals surface area contributed by atoms with Crippen molar-refractivity contribution in [3.8, 4) is 0 Å². The molecule has 0 heterocycles. The zero-order valence-corrected chi connectivity index (χ0v) is 15.9. The number of amides is 1. The molecule has 0 aromatic heterocycles. The Kier molecular flexibility index (Phi) is 6.22. The molecule has 136 valence electrons. The van der Waals surface area contributed by atoms with Gasteiger partial charge in [-0.3, -0.25) is 4.79 Å². The molecule has 1 atom stereocenters. The fraction of sp³-hybridized carbons (Fsp3) is 0.160. The Balaban J connectivity index is 1.85. The van der Waals surface area contributed by atoms with Gasteiger partial charge in [0.15, 0.2) is 0 Å². The number of carbonyl (C=O) groups is 1. The average Bonchev–Trinajstić information content (AvgIpc) is 2.73. The molecular weight excluding hydrogens is 330 g/mol. The second kappa shape index (κ2) is 9.00. The summed E-state index contributed by atoms with van der Waals surface area (Å²) >= 11 is 0. The van der Waals surface area contributed by atoms with Crippen molar-refractivity contribution in [2.24, 2.45) is 0 Å². The number of carbonyl (C=O) groups excluding carboxylic acids is 1. The Hall–Kier alpha value is -3.13. The van der Waals surface area contributed by atoms with Gasteiger partial charge in [-0.15, -0.1) is 0 Å². The third-order valence-corrected chi connectivity index (χ3v) is 4.68. The number of benzene rings is 3.